The summed E-state index contributed by atoms with van der Waals surface area (Å²) in [5, 5.41) is 0. The van der Waals surface area contributed by atoms with E-state index in [1.54, 1.807) is 24.3 Å². The molecule has 0 aromatic heterocycles. The molecule has 96 valence electrons. The molecule has 2 N–H and O–H groups in total. The molecule has 0 unspecified atom stereocenters. The van der Waals surface area contributed by atoms with Crippen LogP contribution in [0.4, 0.5) is 0 Å². The van der Waals surface area contributed by atoms with Crippen LogP contribution < -0.4 is 5.73 Å². The third-order valence-corrected chi connectivity index (χ3v) is 3.31. The smallest absolute Gasteiger partial charge is 0.338 e. The Balaban J connectivity index is 1.93. The fourth-order valence-corrected chi connectivity index (χ4v) is 2.30. The highest BCUT2D eigenvalue weighted by Crippen LogP contribution is 2.26. The van der Waals surface area contributed by atoms with E-state index in [0.717, 1.165) is 19.3 Å². The van der Waals surface area contributed by atoms with Crippen LogP contribution in [-0.2, 0) is 9.53 Å². The molecule has 0 bridgehead atoms. The number of nitrogens with two attached hydrogens (primary N) is 1. The number of carbonyl (C=O) groups excluding carboxylic acids is 2. The summed E-state index contributed by atoms with van der Waals surface area (Å²) in [5.41, 5.74) is 5.83. The monoisotopic (exact) mass is 247 g/mol. The minimum Gasteiger partial charge on any atom is -0.459 e. The van der Waals surface area contributed by atoms with Crippen LogP contribution >= 0.6 is 0 Å². The van der Waals surface area contributed by atoms with Crippen molar-refractivity contribution in [1.29, 1.82) is 0 Å². The molecule has 1 aromatic rings. The van der Waals surface area contributed by atoms with Crippen molar-refractivity contribution < 1.29 is 14.3 Å². The van der Waals surface area contributed by atoms with Crippen molar-refractivity contribution in [1.82, 2.24) is 0 Å². The Bertz CT molecular complexity index is 430. The normalized spacial score (nSPS) is 23.3. The van der Waals surface area contributed by atoms with Crippen molar-refractivity contribution in [3.63, 3.8) is 0 Å². The van der Waals surface area contributed by atoms with Gasteiger partial charge in [0.2, 0.25) is 5.91 Å². The van der Waals surface area contributed by atoms with Gasteiger partial charge in [-0.3, -0.25) is 4.79 Å². The Morgan fingerprint density at radius 1 is 1.17 bits per heavy atom. The molecule has 1 aliphatic carbocycles. The average molecular weight is 247 g/mol. The predicted molar refractivity (Wildman–Crippen MR) is 66.8 cm³/mol. The van der Waals surface area contributed by atoms with Gasteiger partial charge in [0, 0.05) is 5.92 Å². The Kier molecular flexibility index (Phi) is 3.97. The molecule has 0 radical (unpaired) electrons. The molecule has 1 saturated carbocycles. The van der Waals surface area contributed by atoms with Gasteiger partial charge < -0.3 is 10.5 Å². The summed E-state index contributed by atoms with van der Waals surface area (Å²) in [6, 6.07) is 8.88. The maximum Gasteiger partial charge on any atom is 0.338 e. The first-order chi connectivity index (χ1) is 8.66. The van der Waals surface area contributed by atoms with Gasteiger partial charge in [-0.25, -0.2) is 4.79 Å². The highest BCUT2D eigenvalue weighted by molar-refractivity contribution is 5.89. The minimum atomic E-state index is -0.328. The van der Waals surface area contributed by atoms with Crippen LogP contribution in [0.3, 0.4) is 0 Å². The van der Waals surface area contributed by atoms with Gasteiger partial charge in [-0.1, -0.05) is 18.2 Å². The van der Waals surface area contributed by atoms with Crippen LogP contribution in [0.15, 0.2) is 30.3 Å². The lowest BCUT2D eigenvalue weighted by molar-refractivity contribution is -0.124. The maximum atomic E-state index is 11.9. The van der Waals surface area contributed by atoms with E-state index in [-0.39, 0.29) is 23.9 Å². The fraction of sp³-hybridized carbons (Fsp3) is 0.429. The number of ether oxygens (including phenoxy) is 1. The first kappa shape index (κ1) is 12.6. The Hall–Kier alpha value is -1.84. The van der Waals surface area contributed by atoms with Crippen LogP contribution in [0, 0.1) is 5.92 Å². The topological polar surface area (TPSA) is 69.4 Å². The van der Waals surface area contributed by atoms with Crippen molar-refractivity contribution in [3.05, 3.63) is 35.9 Å². The van der Waals surface area contributed by atoms with E-state index in [1.165, 1.54) is 0 Å². The second kappa shape index (κ2) is 5.67. The molecule has 1 aliphatic rings. The van der Waals surface area contributed by atoms with Gasteiger partial charge in [-0.2, -0.15) is 0 Å². The third kappa shape index (κ3) is 3.09. The van der Waals surface area contributed by atoms with Crippen LogP contribution in [0.5, 0.6) is 0 Å². The number of hydrogen-bond acceptors (Lipinski definition) is 3. The van der Waals surface area contributed by atoms with Crippen LogP contribution in [0.2, 0.25) is 0 Å². The van der Waals surface area contributed by atoms with E-state index in [0.29, 0.717) is 12.0 Å². The number of primary amides is 1. The van der Waals surface area contributed by atoms with Crippen molar-refractivity contribution in [2.75, 3.05) is 0 Å². The summed E-state index contributed by atoms with van der Waals surface area (Å²) in [6.45, 7) is 0. The highest BCUT2D eigenvalue weighted by atomic mass is 16.5. The first-order valence-electron chi connectivity index (χ1n) is 6.22. The van der Waals surface area contributed by atoms with E-state index in [1.807, 2.05) is 6.07 Å². The van der Waals surface area contributed by atoms with E-state index in [2.05, 4.69) is 0 Å². The summed E-state index contributed by atoms with van der Waals surface area (Å²) < 4.78 is 5.41. The van der Waals surface area contributed by atoms with Gasteiger partial charge in [0.25, 0.3) is 0 Å². The Labute approximate surface area is 106 Å². The largest absolute Gasteiger partial charge is 0.459 e. The third-order valence-electron chi connectivity index (χ3n) is 3.31. The summed E-state index contributed by atoms with van der Waals surface area (Å²) in [4.78, 5) is 23.0. The second-order valence-corrected chi connectivity index (χ2v) is 4.66. The first-order valence-corrected chi connectivity index (χ1v) is 6.22. The number of benzene rings is 1. The molecule has 0 spiro atoms. The van der Waals surface area contributed by atoms with E-state index in [4.69, 9.17) is 10.5 Å². The number of amides is 1. The zero-order valence-electron chi connectivity index (χ0n) is 10.2. The lowest BCUT2D eigenvalue weighted by Crippen LogP contribution is -2.33. The average Bonchev–Trinajstić information content (AvgIpc) is 2.40. The second-order valence-electron chi connectivity index (χ2n) is 4.66. The maximum absolute atomic E-state index is 11.9. The van der Waals surface area contributed by atoms with Gasteiger partial charge in [-0.15, -0.1) is 0 Å². The minimum absolute atomic E-state index is 0.160. The molecule has 4 nitrogen and oxygen atoms in total. The van der Waals surface area contributed by atoms with Gasteiger partial charge >= 0.3 is 5.97 Å². The predicted octanol–water partition coefficient (Wildman–Crippen LogP) is 1.89. The van der Waals surface area contributed by atoms with Gasteiger partial charge in [0.15, 0.2) is 0 Å². The molecule has 18 heavy (non-hydrogen) atoms. The highest BCUT2D eigenvalue weighted by Gasteiger charge is 2.28. The van der Waals surface area contributed by atoms with Gasteiger partial charge in [0.1, 0.15) is 6.10 Å². The quantitative estimate of drug-likeness (QED) is 0.829. The van der Waals surface area contributed by atoms with Crippen LogP contribution in [0.25, 0.3) is 0 Å². The zero-order valence-corrected chi connectivity index (χ0v) is 10.2. The molecule has 0 heterocycles. The zero-order chi connectivity index (χ0) is 13.0. The summed E-state index contributed by atoms with van der Waals surface area (Å²) in [6.07, 6.45) is 2.84. The molecule has 0 saturated heterocycles. The van der Waals surface area contributed by atoms with Crippen LogP contribution in [-0.4, -0.2) is 18.0 Å². The molecule has 1 fully saturated rings. The Morgan fingerprint density at radius 2 is 1.89 bits per heavy atom. The van der Waals surface area contributed by atoms with Gasteiger partial charge in [0.05, 0.1) is 5.56 Å². The molecule has 1 aromatic carbocycles. The molecule has 2 atom stereocenters. The molecular weight excluding hydrogens is 230 g/mol. The van der Waals surface area contributed by atoms with E-state index < -0.39 is 0 Å². The van der Waals surface area contributed by atoms with E-state index in [9.17, 15) is 9.59 Å². The summed E-state index contributed by atoms with van der Waals surface area (Å²) in [5.74, 6) is -0.784. The molecule has 4 heteroatoms. The Morgan fingerprint density at radius 3 is 2.56 bits per heavy atom. The number of rotatable bonds is 3. The van der Waals surface area contributed by atoms with Crippen molar-refractivity contribution in [2.24, 2.45) is 11.7 Å². The standard InChI is InChI=1S/C14H17NO3/c15-13(16)11-7-4-8-12(9-11)18-14(17)10-5-2-1-3-6-10/h1-3,5-6,11-12H,4,7-9H2,(H2,15,16)/t11-,12+/m1/s1. The summed E-state index contributed by atoms with van der Waals surface area (Å²) >= 11 is 0. The van der Waals surface area contributed by atoms with E-state index >= 15 is 0 Å². The number of esters is 1. The molecule has 0 aliphatic heterocycles. The molecule has 1 amide bonds. The number of carbonyl (C=O) groups is 2. The lowest BCUT2D eigenvalue weighted by Gasteiger charge is -2.26. The molecular formula is C14H17NO3. The fourth-order valence-electron chi connectivity index (χ4n) is 2.30. The number of hydrogen-bond donors (Lipinski definition) is 1. The summed E-state index contributed by atoms with van der Waals surface area (Å²) in [7, 11) is 0. The van der Waals surface area contributed by atoms with Crippen molar-refractivity contribution in [2.45, 2.75) is 31.8 Å². The van der Waals surface area contributed by atoms with Crippen molar-refractivity contribution in [3.8, 4) is 0 Å². The SMILES string of the molecule is NC(=O)[C@@H]1CCC[C@H](OC(=O)c2ccccc2)C1. The molecule has 2 rings (SSSR count). The van der Waals surface area contributed by atoms with Crippen LogP contribution in [0.1, 0.15) is 36.0 Å². The van der Waals surface area contributed by atoms with Crippen molar-refractivity contribution >= 4 is 11.9 Å². The van der Waals surface area contributed by atoms with Gasteiger partial charge in [-0.05, 0) is 37.8 Å². The lowest BCUT2D eigenvalue weighted by atomic mass is 9.87.